The Hall–Kier alpha value is -3.51. The molecule has 0 radical (unpaired) electrons. The molecule has 3 aromatic rings. The maximum Gasteiger partial charge on any atom is 0.262 e. The molecular weight excluding hydrogens is 498 g/mol. The number of hydrogen-bond acceptors (Lipinski definition) is 4. The average molecular weight is 532 g/mol. The van der Waals surface area contributed by atoms with Gasteiger partial charge < -0.3 is 19.9 Å². The molecule has 2 amide bonds. The molecule has 0 aromatic heterocycles. The molecule has 1 saturated heterocycles. The van der Waals surface area contributed by atoms with Crippen molar-refractivity contribution < 1.29 is 14.3 Å². The first-order chi connectivity index (χ1) is 18.6. The number of rotatable bonds is 7. The second-order valence-electron chi connectivity index (χ2n) is 10.0. The van der Waals surface area contributed by atoms with Gasteiger partial charge >= 0.3 is 0 Å². The van der Waals surface area contributed by atoms with Gasteiger partial charge in [-0.15, -0.1) is 0 Å². The first-order valence-electron chi connectivity index (χ1n) is 13.5. The van der Waals surface area contributed by atoms with Crippen molar-refractivity contribution in [1.82, 2.24) is 4.90 Å². The third-order valence-electron chi connectivity index (χ3n) is 7.50. The van der Waals surface area contributed by atoms with Crippen LogP contribution in [0.2, 0.25) is 5.02 Å². The molecule has 1 N–H and O–H groups in total. The van der Waals surface area contributed by atoms with Gasteiger partial charge in [-0.3, -0.25) is 9.59 Å². The Morgan fingerprint density at radius 1 is 0.842 bits per heavy atom. The quantitative estimate of drug-likeness (QED) is 0.385. The molecule has 38 heavy (non-hydrogen) atoms. The molecule has 1 heterocycles. The van der Waals surface area contributed by atoms with E-state index in [1.165, 1.54) is 37.7 Å². The van der Waals surface area contributed by atoms with Crippen molar-refractivity contribution in [2.24, 2.45) is 0 Å². The number of piperazine rings is 1. The molecule has 1 aliphatic carbocycles. The predicted octanol–water partition coefficient (Wildman–Crippen LogP) is 6.37. The summed E-state index contributed by atoms with van der Waals surface area (Å²) in [6.45, 7) is 2.50. The number of ether oxygens (including phenoxy) is 1. The number of nitrogens with one attached hydrogen (secondary N) is 1. The fourth-order valence-electron chi connectivity index (χ4n) is 5.39. The van der Waals surface area contributed by atoms with Crippen LogP contribution >= 0.6 is 11.6 Å². The molecule has 0 unspecified atom stereocenters. The van der Waals surface area contributed by atoms with Gasteiger partial charge in [0.1, 0.15) is 5.75 Å². The zero-order valence-electron chi connectivity index (χ0n) is 21.6. The van der Waals surface area contributed by atoms with Crippen LogP contribution < -0.4 is 15.0 Å². The van der Waals surface area contributed by atoms with Crippen molar-refractivity contribution in [1.29, 1.82) is 0 Å². The monoisotopic (exact) mass is 531 g/mol. The predicted molar refractivity (Wildman–Crippen MR) is 152 cm³/mol. The summed E-state index contributed by atoms with van der Waals surface area (Å²) in [4.78, 5) is 29.6. The van der Waals surface area contributed by atoms with Crippen molar-refractivity contribution in [3.63, 3.8) is 0 Å². The molecule has 2 fully saturated rings. The number of carbonyl (C=O) groups is 2. The Balaban J connectivity index is 1.13. The molecule has 1 aliphatic heterocycles. The Labute approximate surface area is 229 Å². The number of anilines is 2. The Kier molecular flexibility index (Phi) is 8.49. The van der Waals surface area contributed by atoms with E-state index in [9.17, 15) is 9.59 Å². The molecule has 2 aliphatic rings. The summed E-state index contributed by atoms with van der Waals surface area (Å²) in [5, 5.41) is 3.62. The van der Waals surface area contributed by atoms with Gasteiger partial charge in [0.05, 0.1) is 11.4 Å². The first-order valence-corrected chi connectivity index (χ1v) is 13.9. The van der Waals surface area contributed by atoms with Crippen LogP contribution in [0.5, 0.6) is 5.75 Å². The fourth-order valence-corrected chi connectivity index (χ4v) is 5.51. The maximum atomic E-state index is 12.8. The lowest BCUT2D eigenvalue weighted by molar-refractivity contribution is -0.118. The summed E-state index contributed by atoms with van der Waals surface area (Å²) in [5.74, 6) is 1.15. The van der Waals surface area contributed by atoms with E-state index in [2.05, 4.69) is 22.3 Å². The van der Waals surface area contributed by atoms with E-state index >= 15 is 0 Å². The number of hydrogen-bond donors (Lipinski definition) is 1. The van der Waals surface area contributed by atoms with Crippen molar-refractivity contribution in [3.05, 3.63) is 88.9 Å². The van der Waals surface area contributed by atoms with E-state index < -0.39 is 0 Å². The van der Waals surface area contributed by atoms with Crippen molar-refractivity contribution in [3.8, 4) is 5.75 Å². The highest BCUT2D eigenvalue weighted by Crippen LogP contribution is 2.33. The van der Waals surface area contributed by atoms with E-state index in [-0.39, 0.29) is 18.4 Å². The zero-order chi connectivity index (χ0) is 26.3. The molecule has 1 saturated carbocycles. The Morgan fingerprint density at radius 3 is 2.24 bits per heavy atom. The maximum absolute atomic E-state index is 12.8. The van der Waals surface area contributed by atoms with Gasteiger partial charge in [-0.2, -0.15) is 0 Å². The minimum Gasteiger partial charge on any atom is -0.484 e. The lowest BCUT2D eigenvalue weighted by atomic mass is 9.84. The minimum atomic E-state index is -0.203. The topological polar surface area (TPSA) is 61.9 Å². The van der Waals surface area contributed by atoms with Crippen molar-refractivity contribution >= 4 is 34.8 Å². The highest BCUT2D eigenvalue weighted by molar-refractivity contribution is 6.30. The Morgan fingerprint density at radius 2 is 1.53 bits per heavy atom. The number of carbonyl (C=O) groups excluding carboxylic acids is 2. The van der Waals surface area contributed by atoms with Gasteiger partial charge in [-0.25, -0.2) is 0 Å². The molecule has 198 valence electrons. The standard InChI is InChI=1S/C31H34ClN3O3/c32-26-14-10-25(11-15-26)31(37)35-20-18-34(19-21-35)29-9-5-4-8-28(29)33-30(36)22-38-27-16-12-24(13-17-27)23-6-2-1-3-7-23/h4-5,8-17,23H,1-3,6-7,18-22H2,(H,33,36). The molecule has 3 aromatic carbocycles. The SMILES string of the molecule is O=C(COc1ccc(C2CCCCC2)cc1)Nc1ccccc1N1CCN(C(=O)c2ccc(Cl)cc2)CC1. The molecule has 5 rings (SSSR count). The van der Waals surface area contributed by atoms with Crippen molar-refractivity contribution in [2.75, 3.05) is 43.0 Å². The van der Waals surface area contributed by atoms with Gasteiger partial charge in [0.25, 0.3) is 11.8 Å². The summed E-state index contributed by atoms with van der Waals surface area (Å²) in [6, 6.07) is 23.0. The molecule has 7 heteroatoms. The van der Waals surface area contributed by atoms with Gasteiger partial charge in [0.15, 0.2) is 6.61 Å². The second-order valence-corrected chi connectivity index (χ2v) is 10.5. The van der Waals surface area contributed by atoms with E-state index in [0.717, 1.165) is 11.4 Å². The first kappa shape index (κ1) is 26.1. The molecular formula is C31H34ClN3O3. The average Bonchev–Trinajstić information content (AvgIpc) is 2.97. The van der Waals surface area contributed by atoms with Gasteiger partial charge in [-0.05, 0) is 72.9 Å². The highest BCUT2D eigenvalue weighted by Gasteiger charge is 2.24. The smallest absolute Gasteiger partial charge is 0.262 e. The van der Waals surface area contributed by atoms with Crippen LogP contribution in [0, 0.1) is 0 Å². The number of benzene rings is 3. The Bertz CT molecular complexity index is 1230. The normalized spacial score (nSPS) is 16.2. The molecule has 0 atom stereocenters. The number of nitrogens with zero attached hydrogens (tertiary/aromatic N) is 2. The lowest BCUT2D eigenvalue weighted by Gasteiger charge is -2.37. The lowest BCUT2D eigenvalue weighted by Crippen LogP contribution is -2.49. The summed E-state index contributed by atoms with van der Waals surface area (Å²) in [7, 11) is 0. The second kappa shape index (κ2) is 12.4. The van der Waals surface area contributed by atoms with Crippen LogP contribution in [-0.2, 0) is 4.79 Å². The van der Waals surface area contributed by atoms with Gasteiger partial charge in [0, 0.05) is 36.8 Å². The number of halogens is 1. The summed E-state index contributed by atoms with van der Waals surface area (Å²) >= 11 is 5.95. The van der Waals surface area contributed by atoms with Crippen LogP contribution in [0.1, 0.15) is 53.9 Å². The van der Waals surface area contributed by atoms with Crippen LogP contribution in [0.3, 0.4) is 0 Å². The van der Waals surface area contributed by atoms with E-state index in [1.54, 1.807) is 24.3 Å². The number of para-hydroxylation sites is 2. The number of amides is 2. The largest absolute Gasteiger partial charge is 0.484 e. The fraction of sp³-hybridized carbons (Fsp3) is 0.355. The minimum absolute atomic E-state index is 0.00632. The summed E-state index contributed by atoms with van der Waals surface area (Å²) < 4.78 is 5.78. The summed E-state index contributed by atoms with van der Waals surface area (Å²) in [5.41, 5.74) is 3.69. The van der Waals surface area contributed by atoms with Crippen LogP contribution in [0.4, 0.5) is 11.4 Å². The highest BCUT2D eigenvalue weighted by atomic mass is 35.5. The third-order valence-corrected chi connectivity index (χ3v) is 7.76. The van der Waals surface area contributed by atoms with Crippen LogP contribution in [-0.4, -0.2) is 49.5 Å². The van der Waals surface area contributed by atoms with E-state index in [4.69, 9.17) is 16.3 Å². The third kappa shape index (κ3) is 6.48. The molecule has 0 bridgehead atoms. The molecule has 0 spiro atoms. The van der Waals surface area contributed by atoms with Crippen molar-refractivity contribution in [2.45, 2.75) is 38.0 Å². The van der Waals surface area contributed by atoms with Crippen LogP contribution in [0.25, 0.3) is 0 Å². The zero-order valence-corrected chi connectivity index (χ0v) is 22.3. The van der Waals surface area contributed by atoms with E-state index in [0.29, 0.717) is 48.4 Å². The van der Waals surface area contributed by atoms with E-state index in [1.807, 2.05) is 41.3 Å². The summed E-state index contributed by atoms with van der Waals surface area (Å²) in [6.07, 6.45) is 6.48. The molecule has 6 nitrogen and oxygen atoms in total. The van der Waals surface area contributed by atoms with Gasteiger partial charge in [-0.1, -0.05) is 55.1 Å². The van der Waals surface area contributed by atoms with Crippen LogP contribution in [0.15, 0.2) is 72.8 Å². The van der Waals surface area contributed by atoms with Gasteiger partial charge in [0.2, 0.25) is 0 Å².